The van der Waals surface area contributed by atoms with Crippen LogP contribution in [0.3, 0.4) is 0 Å². The molecule has 0 fully saturated rings. The Balaban J connectivity index is 1.65. The summed E-state index contributed by atoms with van der Waals surface area (Å²) < 4.78 is 25.7. The minimum atomic E-state index is -0.602. The molecule has 3 atom stereocenters. The zero-order valence-corrected chi connectivity index (χ0v) is 22.9. The minimum absolute atomic E-state index is 0.0344. The van der Waals surface area contributed by atoms with E-state index in [0.29, 0.717) is 5.56 Å². The van der Waals surface area contributed by atoms with Crippen molar-refractivity contribution in [3.63, 3.8) is 0 Å². The normalized spacial score (nSPS) is 17.4. The maximum absolute atomic E-state index is 14.3. The van der Waals surface area contributed by atoms with Gasteiger partial charge in [0.15, 0.2) is 0 Å². The van der Waals surface area contributed by atoms with Crippen LogP contribution < -0.4 is 9.47 Å². The number of carbonyl (C=O) groups excluding carboxylic acids is 2. The number of halogens is 1. The van der Waals surface area contributed by atoms with Crippen LogP contribution in [0.5, 0.6) is 11.6 Å². The first-order valence-corrected chi connectivity index (χ1v) is 13.0. The molecule has 1 aliphatic heterocycles. The smallest absolute Gasteiger partial charge is 0.259 e. The molecule has 0 spiro atoms. The van der Waals surface area contributed by atoms with Gasteiger partial charge in [-0.05, 0) is 49.4 Å². The summed E-state index contributed by atoms with van der Waals surface area (Å²) in [6, 6.07) is 14.2. The Hall–Kier alpha value is -4.42. The second-order valence-corrected chi connectivity index (χ2v) is 9.84. The summed E-state index contributed by atoms with van der Waals surface area (Å²) in [6.07, 6.45) is 0.963. The van der Waals surface area contributed by atoms with Crippen molar-refractivity contribution in [2.45, 2.75) is 26.0 Å². The Bertz CT molecular complexity index is 1430. The predicted molar refractivity (Wildman–Crippen MR) is 148 cm³/mol. The topological polar surface area (TPSA) is 92.2 Å². The van der Waals surface area contributed by atoms with E-state index in [0.717, 1.165) is 11.3 Å². The molecule has 9 heteroatoms. The van der Waals surface area contributed by atoms with Gasteiger partial charge in [0, 0.05) is 36.8 Å². The van der Waals surface area contributed by atoms with Gasteiger partial charge in [-0.3, -0.25) is 9.59 Å². The van der Waals surface area contributed by atoms with Gasteiger partial charge in [-0.2, -0.15) is 0 Å². The molecule has 1 N–H and O–H groups in total. The van der Waals surface area contributed by atoms with Crippen molar-refractivity contribution in [1.82, 2.24) is 14.8 Å². The number of rotatable bonds is 6. The van der Waals surface area contributed by atoms with Crippen molar-refractivity contribution in [2.75, 3.05) is 33.9 Å². The van der Waals surface area contributed by atoms with Gasteiger partial charge in [-0.15, -0.1) is 0 Å². The maximum atomic E-state index is 14.3. The third-order valence-corrected chi connectivity index (χ3v) is 6.87. The number of methoxy groups -OCH3 is 1. The van der Waals surface area contributed by atoms with Gasteiger partial charge in [-0.25, -0.2) is 9.37 Å². The number of benzene rings is 2. The largest absolute Gasteiger partial charge is 0.497 e. The van der Waals surface area contributed by atoms with Crippen LogP contribution in [0.4, 0.5) is 4.39 Å². The van der Waals surface area contributed by atoms with Crippen molar-refractivity contribution < 1.29 is 28.6 Å². The second-order valence-electron chi connectivity index (χ2n) is 9.84. The summed E-state index contributed by atoms with van der Waals surface area (Å²) in [5, 5.41) is 9.88. The third-order valence-electron chi connectivity index (χ3n) is 6.87. The lowest BCUT2D eigenvalue weighted by atomic mass is 9.99. The predicted octanol–water partition coefficient (Wildman–Crippen LogP) is 3.62. The number of fused-ring (bicyclic) bond motifs is 1. The number of aliphatic hydroxyl groups excluding tert-OH is 1. The van der Waals surface area contributed by atoms with Crippen LogP contribution in [0.15, 0.2) is 60.8 Å². The average Bonchev–Trinajstić information content (AvgIpc) is 2.97. The van der Waals surface area contributed by atoms with Crippen LogP contribution in [0, 0.1) is 23.6 Å². The average molecular weight is 546 g/mol. The fourth-order valence-electron chi connectivity index (χ4n) is 4.40. The first-order valence-electron chi connectivity index (χ1n) is 13.0. The van der Waals surface area contributed by atoms with Gasteiger partial charge in [0.1, 0.15) is 23.2 Å². The molecule has 1 aromatic heterocycles. The lowest BCUT2D eigenvalue weighted by Crippen LogP contribution is -2.50. The number of pyridine rings is 1. The molecule has 0 unspecified atom stereocenters. The van der Waals surface area contributed by atoms with E-state index in [2.05, 4.69) is 16.8 Å². The minimum Gasteiger partial charge on any atom is -0.497 e. The van der Waals surface area contributed by atoms with E-state index in [1.54, 1.807) is 38.1 Å². The SMILES string of the molecule is COc1ccc(C#Cc2cnc3c(c2)C(=O)N([C@@H](C)CO)C[C@H](C)[C@@H](CN(C)C(=O)c2ccccc2F)O3)cc1. The van der Waals surface area contributed by atoms with E-state index in [9.17, 15) is 19.1 Å². The summed E-state index contributed by atoms with van der Waals surface area (Å²) in [4.78, 5) is 34.0. The fraction of sp³-hybridized carbons (Fsp3) is 0.323. The fourth-order valence-corrected chi connectivity index (χ4v) is 4.40. The molecule has 0 saturated carbocycles. The molecule has 4 rings (SSSR count). The Morgan fingerprint density at radius 2 is 1.93 bits per heavy atom. The van der Waals surface area contributed by atoms with Crippen molar-refractivity contribution in [1.29, 1.82) is 0 Å². The van der Waals surface area contributed by atoms with Crippen LogP contribution in [0.1, 0.15) is 45.7 Å². The number of carbonyl (C=O) groups is 2. The number of aliphatic hydroxyl groups is 1. The molecule has 8 nitrogen and oxygen atoms in total. The summed E-state index contributed by atoms with van der Waals surface area (Å²) in [5.41, 5.74) is 1.46. The number of likely N-dealkylation sites (N-methyl/N-ethyl adjacent to an activating group) is 1. The standard InChI is InChI=1S/C31H32FN3O5/c1-20-17-35(21(2)19-36)31(38)26-15-23(10-9-22-11-13-24(39-4)14-12-22)16-33-29(26)40-28(20)18-34(3)30(37)25-7-5-6-8-27(25)32/h5-8,11-16,20-21,28,36H,17-19H2,1-4H3/t20-,21-,28+/m0/s1. The van der Waals surface area contributed by atoms with Gasteiger partial charge in [0.2, 0.25) is 5.88 Å². The quantitative estimate of drug-likeness (QED) is 0.476. The summed E-state index contributed by atoms with van der Waals surface area (Å²) in [7, 11) is 3.17. The van der Waals surface area contributed by atoms with Crippen molar-refractivity contribution in [2.24, 2.45) is 5.92 Å². The number of hydrogen-bond donors (Lipinski definition) is 1. The van der Waals surface area contributed by atoms with E-state index in [1.807, 2.05) is 31.2 Å². The highest BCUT2D eigenvalue weighted by Crippen LogP contribution is 2.27. The monoisotopic (exact) mass is 545 g/mol. The highest BCUT2D eigenvalue weighted by molar-refractivity contribution is 5.97. The van der Waals surface area contributed by atoms with Crippen LogP contribution in [0.2, 0.25) is 0 Å². The first-order chi connectivity index (χ1) is 19.2. The Kier molecular flexibility index (Phi) is 9.02. The maximum Gasteiger partial charge on any atom is 0.259 e. The number of ether oxygens (including phenoxy) is 2. The van der Waals surface area contributed by atoms with Gasteiger partial charge in [0.05, 0.1) is 31.9 Å². The molecule has 40 heavy (non-hydrogen) atoms. The summed E-state index contributed by atoms with van der Waals surface area (Å²) >= 11 is 0. The number of amides is 2. The van der Waals surface area contributed by atoms with Gasteiger partial charge in [-0.1, -0.05) is 30.9 Å². The van der Waals surface area contributed by atoms with Crippen LogP contribution in [0.25, 0.3) is 0 Å². The Labute approximate surface area is 233 Å². The zero-order chi connectivity index (χ0) is 28.8. The highest BCUT2D eigenvalue weighted by atomic mass is 19.1. The second kappa shape index (κ2) is 12.6. The molecule has 2 aromatic carbocycles. The first kappa shape index (κ1) is 28.6. The van der Waals surface area contributed by atoms with Crippen molar-refractivity contribution in [3.05, 3.63) is 88.9 Å². The lowest BCUT2D eigenvalue weighted by Gasteiger charge is -2.37. The summed E-state index contributed by atoms with van der Waals surface area (Å²) in [6.45, 7) is 3.83. The summed E-state index contributed by atoms with van der Waals surface area (Å²) in [5.74, 6) is 5.27. The molecule has 0 radical (unpaired) electrons. The molecular formula is C31H32FN3O5. The van der Waals surface area contributed by atoms with E-state index in [4.69, 9.17) is 9.47 Å². The molecule has 0 saturated heterocycles. The third kappa shape index (κ3) is 6.41. The molecule has 0 bridgehead atoms. The van der Waals surface area contributed by atoms with Gasteiger partial charge >= 0.3 is 0 Å². The van der Waals surface area contributed by atoms with Gasteiger partial charge < -0.3 is 24.4 Å². The van der Waals surface area contributed by atoms with E-state index >= 15 is 0 Å². The molecule has 3 aromatic rings. The number of hydrogen-bond acceptors (Lipinski definition) is 6. The lowest BCUT2D eigenvalue weighted by molar-refractivity contribution is 0.0312. The molecular weight excluding hydrogens is 513 g/mol. The van der Waals surface area contributed by atoms with E-state index < -0.39 is 23.9 Å². The van der Waals surface area contributed by atoms with Crippen molar-refractivity contribution >= 4 is 11.8 Å². The van der Waals surface area contributed by atoms with Crippen molar-refractivity contribution in [3.8, 4) is 23.5 Å². The number of nitrogens with zero attached hydrogens (tertiary/aromatic N) is 3. The van der Waals surface area contributed by atoms with Gasteiger partial charge in [0.25, 0.3) is 11.8 Å². The molecule has 208 valence electrons. The van der Waals surface area contributed by atoms with Crippen LogP contribution >= 0.6 is 0 Å². The zero-order valence-electron chi connectivity index (χ0n) is 22.9. The van der Waals surface area contributed by atoms with Crippen LogP contribution in [-0.2, 0) is 0 Å². The van der Waals surface area contributed by atoms with E-state index in [1.165, 1.54) is 29.3 Å². The molecule has 0 aliphatic carbocycles. The number of aromatic nitrogens is 1. The molecule has 2 amide bonds. The van der Waals surface area contributed by atoms with E-state index in [-0.39, 0.29) is 48.5 Å². The highest BCUT2D eigenvalue weighted by Gasteiger charge is 2.35. The Morgan fingerprint density at radius 3 is 2.60 bits per heavy atom. The molecule has 1 aliphatic rings. The molecule has 2 heterocycles. The van der Waals surface area contributed by atoms with Crippen LogP contribution in [-0.4, -0.2) is 77.7 Å². The Morgan fingerprint density at radius 1 is 1.23 bits per heavy atom.